The van der Waals surface area contributed by atoms with E-state index in [2.05, 4.69) is 25.6 Å². The number of hydrogen-bond donors (Lipinski definition) is 1. The molecule has 0 bridgehead atoms. The minimum atomic E-state index is -4.50. The smallest absolute Gasteiger partial charge is 0.339 e. The molecule has 2 aromatic heterocycles. The van der Waals surface area contributed by atoms with E-state index in [1.165, 1.54) is 4.90 Å². The van der Waals surface area contributed by atoms with Crippen LogP contribution in [0, 0.1) is 0 Å². The van der Waals surface area contributed by atoms with Crippen molar-refractivity contribution in [3.8, 4) is 11.5 Å². The SMILES string of the molecule is Cn1c(N2CCN(C(=O)CC(F)(F)F)CC2)nc(Cl)c1-c1nn[nH]n1. The van der Waals surface area contributed by atoms with Crippen molar-refractivity contribution in [2.75, 3.05) is 31.1 Å². The fourth-order valence-electron chi connectivity index (χ4n) is 2.68. The number of halogens is 4. The van der Waals surface area contributed by atoms with Gasteiger partial charge in [-0.2, -0.15) is 18.4 Å². The van der Waals surface area contributed by atoms with Crippen molar-refractivity contribution in [2.45, 2.75) is 12.6 Å². The highest BCUT2D eigenvalue weighted by Crippen LogP contribution is 2.29. The Morgan fingerprint density at radius 1 is 1.28 bits per heavy atom. The topological polar surface area (TPSA) is 95.8 Å². The lowest BCUT2D eigenvalue weighted by atomic mass is 10.3. The number of piperazine rings is 1. The Morgan fingerprint density at radius 2 is 1.96 bits per heavy atom. The number of nitrogens with zero attached hydrogens (tertiary/aromatic N) is 7. The van der Waals surface area contributed by atoms with Crippen molar-refractivity contribution in [3.05, 3.63) is 5.15 Å². The second kappa shape index (κ2) is 6.50. The van der Waals surface area contributed by atoms with Crippen molar-refractivity contribution >= 4 is 23.5 Å². The molecule has 13 heteroatoms. The third-order valence-electron chi connectivity index (χ3n) is 3.85. The van der Waals surface area contributed by atoms with Crippen LogP contribution < -0.4 is 4.90 Å². The van der Waals surface area contributed by atoms with Crippen molar-refractivity contribution in [1.82, 2.24) is 35.1 Å². The van der Waals surface area contributed by atoms with E-state index in [-0.39, 0.29) is 24.1 Å². The first kappa shape index (κ1) is 17.5. The van der Waals surface area contributed by atoms with Crippen LogP contribution in [0.25, 0.3) is 11.5 Å². The van der Waals surface area contributed by atoms with Gasteiger partial charge in [0.05, 0.1) is 0 Å². The van der Waals surface area contributed by atoms with Gasteiger partial charge in [0.25, 0.3) is 0 Å². The monoisotopic (exact) mass is 378 g/mol. The van der Waals surface area contributed by atoms with Crippen molar-refractivity contribution in [3.63, 3.8) is 0 Å². The molecule has 0 aromatic carbocycles. The Bertz CT molecular complexity index is 751. The van der Waals surface area contributed by atoms with Gasteiger partial charge in [0, 0.05) is 33.2 Å². The normalized spacial score (nSPS) is 15.7. The number of anilines is 1. The van der Waals surface area contributed by atoms with Crippen LogP contribution in [0.4, 0.5) is 19.1 Å². The number of amides is 1. The van der Waals surface area contributed by atoms with E-state index in [0.717, 1.165) is 0 Å². The van der Waals surface area contributed by atoms with Gasteiger partial charge in [-0.15, -0.1) is 10.2 Å². The molecule has 2 aromatic rings. The highest BCUT2D eigenvalue weighted by molar-refractivity contribution is 6.32. The molecule has 1 fully saturated rings. The first-order valence-corrected chi connectivity index (χ1v) is 7.69. The lowest BCUT2D eigenvalue weighted by molar-refractivity contribution is -0.161. The quantitative estimate of drug-likeness (QED) is 0.851. The van der Waals surface area contributed by atoms with Crippen LogP contribution >= 0.6 is 11.6 Å². The van der Waals surface area contributed by atoms with E-state index >= 15 is 0 Å². The fourth-order valence-corrected chi connectivity index (χ4v) is 2.97. The zero-order chi connectivity index (χ0) is 18.2. The lowest BCUT2D eigenvalue weighted by Crippen LogP contribution is -2.50. The Balaban J connectivity index is 1.70. The second-order valence-electron chi connectivity index (χ2n) is 5.51. The number of carbonyl (C=O) groups is 1. The van der Waals surface area contributed by atoms with Crippen LogP contribution in [0.5, 0.6) is 0 Å². The molecule has 0 radical (unpaired) electrons. The van der Waals surface area contributed by atoms with Crippen molar-refractivity contribution in [1.29, 1.82) is 0 Å². The number of rotatable bonds is 3. The van der Waals surface area contributed by atoms with Crippen LogP contribution in [-0.2, 0) is 11.8 Å². The standard InChI is InChI=1S/C12H14ClF3N8O/c1-22-8(10-18-20-21-19-10)9(13)17-11(22)24-4-2-23(3-5-24)7(25)6-12(14,15)16/h2-6H2,1H3,(H,18,19,20,21). The van der Waals surface area contributed by atoms with Crippen LogP contribution in [0.3, 0.4) is 0 Å². The summed E-state index contributed by atoms with van der Waals surface area (Å²) in [6, 6.07) is 0. The average molecular weight is 379 g/mol. The summed E-state index contributed by atoms with van der Waals surface area (Å²) in [5.74, 6) is -0.115. The predicted molar refractivity (Wildman–Crippen MR) is 80.9 cm³/mol. The van der Waals surface area contributed by atoms with Crippen LogP contribution in [0.1, 0.15) is 6.42 Å². The summed E-state index contributed by atoms with van der Waals surface area (Å²) >= 11 is 6.14. The average Bonchev–Trinajstić information content (AvgIpc) is 3.14. The number of aromatic nitrogens is 6. The molecule has 0 aliphatic carbocycles. The van der Waals surface area contributed by atoms with E-state index in [1.54, 1.807) is 11.6 Å². The van der Waals surface area contributed by atoms with E-state index in [9.17, 15) is 18.0 Å². The summed E-state index contributed by atoms with van der Waals surface area (Å²) < 4.78 is 38.7. The van der Waals surface area contributed by atoms with Gasteiger partial charge in [0.15, 0.2) is 5.15 Å². The highest BCUT2D eigenvalue weighted by atomic mass is 35.5. The van der Waals surface area contributed by atoms with Gasteiger partial charge in [-0.05, 0) is 5.21 Å². The number of carbonyl (C=O) groups excluding carboxylic acids is 1. The molecular formula is C12H14ClF3N8O. The lowest BCUT2D eigenvalue weighted by Gasteiger charge is -2.35. The van der Waals surface area contributed by atoms with Gasteiger partial charge < -0.3 is 14.4 Å². The number of H-pyrrole nitrogens is 1. The third kappa shape index (κ3) is 3.67. The zero-order valence-corrected chi connectivity index (χ0v) is 13.8. The van der Waals surface area contributed by atoms with Crippen molar-refractivity contribution < 1.29 is 18.0 Å². The number of tetrazole rings is 1. The largest absolute Gasteiger partial charge is 0.397 e. The summed E-state index contributed by atoms with van der Waals surface area (Å²) in [6.45, 7) is 1.04. The maximum Gasteiger partial charge on any atom is 0.397 e. The molecule has 1 aliphatic rings. The Labute approximate surface area is 144 Å². The first-order valence-electron chi connectivity index (χ1n) is 7.32. The molecular weight excluding hydrogens is 365 g/mol. The van der Waals surface area contributed by atoms with Gasteiger partial charge in [0.1, 0.15) is 12.1 Å². The van der Waals surface area contributed by atoms with Crippen LogP contribution in [0.15, 0.2) is 0 Å². The number of alkyl halides is 3. The zero-order valence-electron chi connectivity index (χ0n) is 13.1. The third-order valence-corrected chi connectivity index (χ3v) is 4.12. The van der Waals surface area contributed by atoms with Gasteiger partial charge in [-0.25, -0.2) is 4.98 Å². The molecule has 0 unspecified atom stereocenters. The van der Waals surface area contributed by atoms with E-state index in [4.69, 9.17) is 11.6 Å². The molecule has 0 atom stereocenters. The number of hydrogen-bond acceptors (Lipinski definition) is 6. The molecule has 3 heterocycles. The van der Waals surface area contributed by atoms with Crippen LogP contribution in [0.2, 0.25) is 5.15 Å². The molecule has 0 saturated carbocycles. The summed E-state index contributed by atoms with van der Waals surface area (Å²) in [6.07, 6.45) is -5.94. The molecule has 9 nitrogen and oxygen atoms in total. The van der Waals surface area contributed by atoms with E-state index in [0.29, 0.717) is 24.7 Å². The molecule has 3 rings (SSSR count). The predicted octanol–water partition coefficient (Wildman–Crippen LogP) is 0.855. The van der Waals surface area contributed by atoms with Gasteiger partial charge >= 0.3 is 6.18 Å². The minimum absolute atomic E-state index is 0.178. The molecule has 1 amide bonds. The number of imidazole rings is 1. The maximum absolute atomic E-state index is 12.3. The summed E-state index contributed by atoms with van der Waals surface area (Å²) in [7, 11) is 1.72. The summed E-state index contributed by atoms with van der Waals surface area (Å²) in [5.41, 5.74) is 0.473. The summed E-state index contributed by atoms with van der Waals surface area (Å²) in [4.78, 5) is 19.0. The number of nitrogens with one attached hydrogen (secondary N) is 1. The van der Waals surface area contributed by atoms with Crippen molar-refractivity contribution in [2.24, 2.45) is 7.05 Å². The van der Waals surface area contributed by atoms with E-state index in [1.807, 2.05) is 4.90 Å². The van der Waals surface area contributed by atoms with Gasteiger partial charge in [-0.3, -0.25) is 4.79 Å². The minimum Gasteiger partial charge on any atom is -0.339 e. The Morgan fingerprint density at radius 3 is 2.52 bits per heavy atom. The molecule has 1 N–H and O–H groups in total. The van der Waals surface area contributed by atoms with Gasteiger partial charge in [0.2, 0.25) is 17.7 Å². The Hall–Kier alpha value is -2.37. The molecule has 1 aliphatic heterocycles. The number of aromatic amines is 1. The summed E-state index contributed by atoms with van der Waals surface area (Å²) in [5, 5.41) is 13.7. The molecule has 136 valence electrons. The van der Waals surface area contributed by atoms with Crippen LogP contribution in [-0.4, -0.2) is 73.3 Å². The maximum atomic E-state index is 12.3. The molecule has 0 spiro atoms. The van der Waals surface area contributed by atoms with Gasteiger partial charge in [-0.1, -0.05) is 11.6 Å². The molecule has 1 saturated heterocycles. The highest BCUT2D eigenvalue weighted by Gasteiger charge is 2.35. The fraction of sp³-hybridized carbons (Fsp3) is 0.583. The molecule has 25 heavy (non-hydrogen) atoms. The van der Waals surface area contributed by atoms with E-state index < -0.39 is 18.5 Å². The first-order chi connectivity index (χ1) is 11.8. The second-order valence-corrected chi connectivity index (χ2v) is 5.86. The Kier molecular flexibility index (Phi) is 4.54.